The molecule has 0 aromatic heterocycles. The topological polar surface area (TPSA) is 12.5 Å². The van der Waals surface area contributed by atoms with E-state index in [1.807, 2.05) is 0 Å². The highest BCUT2D eigenvalue weighted by atomic mass is 16.5. The lowest BCUT2D eigenvalue weighted by molar-refractivity contribution is 0.289. The van der Waals surface area contributed by atoms with Crippen LogP contribution in [0, 0.1) is 0 Å². The van der Waals surface area contributed by atoms with Crippen molar-refractivity contribution in [2.75, 3.05) is 27.2 Å². The summed E-state index contributed by atoms with van der Waals surface area (Å²) in [6.45, 7) is 6.43. The van der Waals surface area contributed by atoms with E-state index < -0.39 is 0 Å². The number of benzene rings is 1. The minimum Gasteiger partial charge on any atom is -0.493 e. The zero-order valence-electron chi connectivity index (χ0n) is 12.3. The lowest BCUT2D eigenvalue weighted by Crippen LogP contribution is -2.13. The molecule has 102 valence electrons. The van der Waals surface area contributed by atoms with Crippen LogP contribution < -0.4 is 4.74 Å². The van der Waals surface area contributed by atoms with Crippen LogP contribution in [-0.2, 0) is 0 Å². The molecule has 18 heavy (non-hydrogen) atoms. The Labute approximate surface area is 112 Å². The van der Waals surface area contributed by atoms with Crippen LogP contribution in [0.3, 0.4) is 0 Å². The zero-order chi connectivity index (χ0) is 13.4. The van der Waals surface area contributed by atoms with Crippen LogP contribution in [0.15, 0.2) is 24.3 Å². The third kappa shape index (κ3) is 5.09. The van der Waals surface area contributed by atoms with Gasteiger partial charge >= 0.3 is 0 Å². The molecule has 0 saturated carbocycles. The van der Waals surface area contributed by atoms with Gasteiger partial charge in [-0.25, -0.2) is 0 Å². The monoisotopic (exact) mass is 249 g/mol. The lowest BCUT2D eigenvalue weighted by Gasteiger charge is -2.16. The van der Waals surface area contributed by atoms with Crippen molar-refractivity contribution < 1.29 is 4.74 Å². The summed E-state index contributed by atoms with van der Waals surface area (Å²) in [4.78, 5) is 2.22. The van der Waals surface area contributed by atoms with E-state index in [1.165, 1.54) is 12.0 Å². The average molecular weight is 249 g/mol. The van der Waals surface area contributed by atoms with E-state index in [-0.39, 0.29) is 0 Å². The molecule has 0 bridgehead atoms. The Morgan fingerprint density at radius 1 is 1.17 bits per heavy atom. The van der Waals surface area contributed by atoms with Gasteiger partial charge < -0.3 is 9.64 Å². The van der Waals surface area contributed by atoms with Gasteiger partial charge in [0.2, 0.25) is 0 Å². The van der Waals surface area contributed by atoms with Gasteiger partial charge in [-0.15, -0.1) is 0 Å². The second-order valence-corrected chi connectivity index (χ2v) is 5.21. The van der Waals surface area contributed by atoms with Crippen LogP contribution in [0.2, 0.25) is 0 Å². The fraction of sp³-hybridized carbons (Fsp3) is 0.625. The summed E-state index contributed by atoms with van der Waals surface area (Å²) in [6, 6.07) is 8.43. The first-order chi connectivity index (χ1) is 8.65. The Morgan fingerprint density at radius 3 is 2.56 bits per heavy atom. The van der Waals surface area contributed by atoms with Crippen molar-refractivity contribution in [2.24, 2.45) is 0 Å². The largest absolute Gasteiger partial charge is 0.493 e. The first kappa shape index (κ1) is 15.0. The van der Waals surface area contributed by atoms with Crippen molar-refractivity contribution in [3.05, 3.63) is 29.8 Å². The van der Waals surface area contributed by atoms with Gasteiger partial charge in [-0.05, 0) is 57.5 Å². The van der Waals surface area contributed by atoms with Crippen LogP contribution in [0.25, 0.3) is 0 Å². The number of rotatable bonds is 8. The third-order valence-corrected chi connectivity index (χ3v) is 3.32. The summed E-state index contributed by atoms with van der Waals surface area (Å²) in [5, 5.41) is 0. The second-order valence-electron chi connectivity index (χ2n) is 5.21. The molecule has 1 rings (SSSR count). The molecule has 0 saturated heterocycles. The second kappa shape index (κ2) is 8.15. The van der Waals surface area contributed by atoms with Gasteiger partial charge in [-0.2, -0.15) is 0 Å². The van der Waals surface area contributed by atoms with Crippen molar-refractivity contribution >= 4 is 0 Å². The van der Waals surface area contributed by atoms with Crippen LogP contribution >= 0.6 is 0 Å². The minimum atomic E-state index is 0.572. The molecule has 0 aliphatic rings. The van der Waals surface area contributed by atoms with E-state index in [4.69, 9.17) is 4.74 Å². The molecular weight excluding hydrogens is 222 g/mol. The molecule has 0 amide bonds. The zero-order valence-corrected chi connectivity index (χ0v) is 12.3. The van der Waals surface area contributed by atoms with Crippen molar-refractivity contribution in [2.45, 2.75) is 39.0 Å². The standard InChI is InChI=1S/C16H27NO/c1-5-14(2)15-10-6-7-11-16(15)18-13-9-8-12-17(3)4/h6-7,10-11,14H,5,8-9,12-13H2,1-4H3/t14-/m1/s1. The maximum absolute atomic E-state index is 5.92. The van der Waals surface area contributed by atoms with E-state index in [1.54, 1.807) is 0 Å². The first-order valence-corrected chi connectivity index (χ1v) is 7.01. The van der Waals surface area contributed by atoms with Crippen LogP contribution in [0.5, 0.6) is 5.75 Å². The molecule has 0 heterocycles. The fourth-order valence-electron chi connectivity index (χ4n) is 1.95. The summed E-state index contributed by atoms with van der Waals surface area (Å²) in [7, 11) is 4.22. The molecule has 1 aromatic rings. The quantitative estimate of drug-likeness (QED) is 0.647. The Balaban J connectivity index is 2.42. The van der Waals surface area contributed by atoms with Crippen molar-refractivity contribution in [3.63, 3.8) is 0 Å². The van der Waals surface area contributed by atoms with Crippen molar-refractivity contribution in [1.82, 2.24) is 4.90 Å². The van der Waals surface area contributed by atoms with Crippen LogP contribution in [0.1, 0.15) is 44.6 Å². The van der Waals surface area contributed by atoms with Gasteiger partial charge in [0.15, 0.2) is 0 Å². The molecule has 1 atom stereocenters. The van der Waals surface area contributed by atoms with E-state index in [0.717, 1.165) is 31.7 Å². The predicted octanol–water partition coefficient (Wildman–Crippen LogP) is 3.92. The highest BCUT2D eigenvalue weighted by molar-refractivity contribution is 5.35. The molecule has 2 heteroatoms. The number of ether oxygens (including phenoxy) is 1. The summed E-state index contributed by atoms with van der Waals surface area (Å²) in [6.07, 6.45) is 3.46. The van der Waals surface area contributed by atoms with E-state index in [2.05, 4.69) is 57.1 Å². The van der Waals surface area contributed by atoms with E-state index >= 15 is 0 Å². The van der Waals surface area contributed by atoms with E-state index in [9.17, 15) is 0 Å². The molecular formula is C16H27NO. The number of nitrogens with zero attached hydrogens (tertiary/aromatic N) is 1. The summed E-state index contributed by atoms with van der Waals surface area (Å²) >= 11 is 0. The Bertz CT molecular complexity index is 336. The fourth-order valence-corrected chi connectivity index (χ4v) is 1.95. The molecule has 0 spiro atoms. The molecule has 0 unspecified atom stereocenters. The Morgan fingerprint density at radius 2 is 1.89 bits per heavy atom. The van der Waals surface area contributed by atoms with Gasteiger partial charge in [0.25, 0.3) is 0 Å². The SMILES string of the molecule is CC[C@@H](C)c1ccccc1OCCCCN(C)C. The maximum atomic E-state index is 5.92. The number of hydrogen-bond donors (Lipinski definition) is 0. The van der Waals surface area contributed by atoms with Crippen LogP contribution in [0.4, 0.5) is 0 Å². The maximum Gasteiger partial charge on any atom is 0.122 e. The first-order valence-electron chi connectivity index (χ1n) is 7.01. The third-order valence-electron chi connectivity index (χ3n) is 3.32. The summed E-state index contributed by atoms with van der Waals surface area (Å²) < 4.78 is 5.92. The number of unbranched alkanes of at least 4 members (excludes halogenated alkanes) is 1. The Hall–Kier alpha value is -1.02. The molecule has 1 aromatic carbocycles. The Kier molecular flexibility index (Phi) is 6.81. The van der Waals surface area contributed by atoms with Gasteiger partial charge in [-0.3, -0.25) is 0 Å². The summed E-state index contributed by atoms with van der Waals surface area (Å²) in [5.74, 6) is 1.64. The predicted molar refractivity (Wildman–Crippen MR) is 78.4 cm³/mol. The lowest BCUT2D eigenvalue weighted by atomic mass is 9.98. The van der Waals surface area contributed by atoms with E-state index in [0.29, 0.717) is 5.92 Å². The highest BCUT2D eigenvalue weighted by Crippen LogP contribution is 2.28. The van der Waals surface area contributed by atoms with Crippen molar-refractivity contribution in [3.8, 4) is 5.75 Å². The van der Waals surface area contributed by atoms with Gasteiger partial charge in [0, 0.05) is 0 Å². The van der Waals surface area contributed by atoms with Gasteiger partial charge in [0.1, 0.15) is 5.75 Å². The molecule has 2 nitrogen and oxygen atoms in total. The molecule has 0 aliphatic carbocycles. The normalized spacial score (nSPS) is 12.7. The molecule has 0 N–H and O–H groups in total. The summed E-state index contributed by atoms with van der Waals surface area (Å²) in [5.41, 5.74) is 1.34. The van der Waals surface area contributed by atoms with Crippen molar-refractivity contribution in [1.29, 1.82) is 0 Å². The smallest absolute Gasteiger partial charge is 0.122 e. The highest BCUT2D eigenvalue weighted by Gasteiger charge is 2.08. The van der Waals surface area contributed by atoms with Gasteiger partial charge in [0.05, 0.1) is 6.61 Å². The number of para-hydroxylation sites is 1. The molecule has 0 radical (unpaired) electrons. The van der Waals surface area contributed by atoms with Gasteiger partial charge in [-0.1, -0.05) is 32.0 Å². The minimum absolute atomic E-state index is 0.572. The average Bonchev–Trinajstić information content (AvgIpc) is 2.37. The number of hydrogen-bond acceptors (Lipinski definition) is 2. The van der Waals surface area contributed by atoms with Crippen LogP contribution in [-0.4, -0.2) is 32.1 Å². The molecule has 0 aliphatic heterocycles. The molecule has 0 fully saturated rings.